The Bertz CT molecular complexity index is 924. The van der Waals surface area contributed by atoms with Crippen LogP contribution in [0.2, 0.25) is 0 Å². The molecule has 118 valence electrons. The average molecular weight is 331 g/mol. The van der Waals surface area contributed by atoms with Crippen molar-refractivity contribution in [2.45, 2.75) is 12.5 Å². The second-order valence-electron chi connectivity index (χ2n) is 5.52. The monoisotopic (exact) mass is 331 g/mol. The molecular formula is C15H14FN5OS. The lowest BCUT2D eigenvalue weighted by Gasteiger charge is -2.18. The Morgan fingerprint density at radius 2 is 2.30 bits per heavy atom. The van der Waals surface area contributed by atoms with Crippen molar-refractivity contribution < 1.29 is 4.39 Å². The zero-order valence-corrected chi connectivity index (χ0v) is 13.0. The summed E-state index contributed by atoms with van der Waals surface area (Å²) >= 11 is 1.42. The fourth-order valence-electron chi connectivity index (χ4n) is 2.83. The first-order valence-corrected chi connectivity index (χ1v) is 8.14. The van der Waals surface area contributed by atoms with Gasteiger partial charge in [-0.15, -0.1) is 11.3 Å². The number of halogens is 1. The van der Waals surface area contributed by atoms with Gasteiger partial charge in [0.25, 0.3) is 0 Å². The summed E-state index contributed by atoms with van der Waals surface area (Å²) in [6.45, 7) is 1.22. The summed E-state index contributed by atoms with van der Waals surface area (Å²) < 4.78 is 16.2. The van der Waals surface area contributed by atoms with Crippen molar-refractivity contribution in [2.75, 3.05) is 18.0 Å². The van der Waals surface area contributed by atoms with E-state index in [2.05, 4.69) is 9.97 Å². The Labute approximate surface area is 135 Å². The molecule has 1 aliphatic rings. The molecule has 1 unspecified atom stereocenters. The van der Waals surface area contributed by atoms with E-state index >= 15 is 0 Å². The highest BCUT2D eigenvalue weighted by Gasteiger charge is 2.24. The van der Waals surface area contributed by atoms with Crippen molar-refractivity contribution in [2.24, 2.45) is 5.73 Å². The molecule has 8 heteroatoms. The molecule has 6 nitrogen and oxygen atoms in total. The van der Waals surface area contributed by atoms with Crippen LogP contribution in [0.15, 0.2) is 34.7 Å². The van der Waals surface area contributed by atoms with Gasteiger partial charge < -0.3 is 10.6 Å². The van der Waals surface area contributed by atoms with Crippen LogP contribution in [0, 0.1) is 5.82 Å². The third-order valence-corrected chi connectivity index (χ3v) is 4.73. The van der Waals surface area contributed by atoms with E-state index in [0.29, 0.717) is 23.9 Å². The predicted molar refractivity (Wildman–Crippen MR) is 87.8 cm³/mol. The normalized spacial score (nSPS) is 18.0. The first kappa shape index (κ1) is 14.3. The number of hydrogen-bond acceptors (Lipinski definition) is 6. The van der Waals surface area contributed by atoms with Crippen molar-refractivity contribution in [1.82, 2.24) is 14.5 Å². The Hall–Kier alpha value is -2.32. The number of aromatic nitrogens is 3. The number of hydrogen-bond donors (Lipinski definition) is 1. The summed E-state index contributed by atoms with van der Waals surface area (Å²) in [5.74, 6) is -0.262. The van der Waals surface area contributed by atoms with Crippen molar-refractivity contribution >= 4 is 28.2 Å². The maximum absolute atomic E-state index is 14.4. The van der Waals surface area contributed by atoms with Crippen molar-refractivity contribution in [3.05, 3.63) is 45.9 Å². The molecule has 0 saturated carbocycles. The molecule has 4 heterocycles. The number of nitrogens with two attached hydrogens (primary N) is 1. The minimum atomic E-state index is -0.499. The molecule has 1 atom stereocenters. The minimum Gasteiger partial charge on any atom is -0.353 e. The number of fused-ring (bicyclic) bond motifs is 1. The number of rotatable bonds is 2. The summed E-state index contributed by atoms with van der Waals surface area (Å²) in [6.07, 6.45) is 4.09. The standard InChI is InChI=1S/C15H14FN5OS/c16-11-7-10-12(22)2-5-21(15-18-3-6-23-15)13(10)19-14(11)20-4-1-9(17)8-20/h2-3,5-7,9H,1,4,8,17H2. The molecule has 0 amide bonds. The van der Waals surface area contributed by atoms with E-state index in [1.165, 1.54) is 23.5 Å². The first-order valence-electron chi connectivity index (χ1n) is 7.26. The van der Waals surface area contributed by atoms with Gasteiger partial charge in [0, 0.05) is 43.0 Å². The Morgan fingerprint density at radius 3 is 3.00 bits per heavy atom. The number of nitrogens with zero attached hydrogens (tertiary/aromatic N) is 4. The molecule has 1 fully saturated rings. The van der Waals surface area contributed by atoms with Crippen LogP contribution in [-0.2, 0) is 0 Å². The Balaban J connectivity index is 1.95. The lowest BCUT2D eigenvalue weighted by Crippen LogP contribution is -2.28. The minimum absolute atomic E-state index is 0.0174. The van der Waals surface area contributed by atoms with E-state index in [9.17, 15) is 9.18 Å². The fourth-order valence-corrected chi connectivity index (χ4v) is 3.45. The number of anilines is 1. The SMILES string of the molecule is NC1CCN(c2nc3c(cc2F)c(=O)ccn3-c2nccs2)C1. The smallest absolute Gasteiger partial charge is 0.195 e. The van der Waals surface area contributed by atoms with Crippen LogP contribution in [0.4, 0.5) is 10.2 Å². The van der Waals surface area contributed by atoms with Crippen LogP contribution < -0.4 is 16.1 Å². The molecule has 0 bridgehead atoms. The lowest BCUT2D eigenvalue weighted by atomic mass is 10.2. The van der Waals surface area contributed by atoms with Gasteiger partial charge in [0.2, 0.25) is 0 Å². The highest BCUT2D eigenvalue weighted by Crippen LogP contribution is 2.25. The molecular weight excluding hydrogens is 317 g/mol. The quantitative estimate of drug-likeness (QED) is 0.770. The van der Waals surface area contributed by atoms with Crippen LogP contribution in [0.25, 0.3) is 16.2 Å². The molecule has 3 aromatic rings. The molecule has 1 aliphatic heterocycles. The molecule has 0 aromatic carbocycles. The highest BCUT2D eigenvalue weighted by atomic mass is 32.1. The summed E-state index contributed by atoms with van der Waals surface area (Å²) in [6, 6.07) is 2.67. The summed E-state index contributed by atoms with van der Waals surface area (Å²) in [5, 5.41) is 2.76. The van der Waals surface area contributed by atoms with Gasteiger partial charge in [-0.25, -0.2) is 14.4 Å². The van der Waals surface area contributed by atoms with E-state index in [1.807, 2.05) is 10.3 Å². The van der Waals surface area contributed by atoms with Gasteiger partial charge in [-0.1, -0.05) is 0 Å². The van der Waals surface area contributed by atoms with Crippen molar-refractivity contribution in [1.29, 1.82) is 0 Å². The number of thiazole rings is 1. The van der Waals surface area contributed by atoms with Gasteiger partial charge in [0.15, 0.2) is 27.8 Å². The van der Waals surface area contributed by atoms with Gasteiger partial charge in [0.1, 0.15) is 0 Å². The summed E-state index contributed by atoms with van der Waals surface area (Å²) in [4.78, 5) is 22.6. The van der Waals surface area contributed by atoms with Gasteiger partial charge >= 0.3 is 0 Å². The van der Waals surface area contributed by atoms with Crippen molar-refractivity contribution in [3.63, 3.8) is 0 Å². The Morgan fingerprint density at radius 1 is 1.43 bits per heavy atom. The van der Waals surface area contributed by atoms with Crippen LogP contribution in [0.3, 0.4) is 0 Å². The van der Waals surface area contributed by atoms with Gasteiger partial charge in [-0.2, -0.15) is 0 Å². The molecule has 3 aromatic heterocycles. The maximum Gasteiger partial charge on any atom is 0.195 e. The van der Waals surface area contributed by atoms with Gasteiger partial charge in [-0.05, 0) is 12.5 Å². The van der Waals surface area contributed by atoms with E-state index in [1.54, 1.807) is 17.0 Å². The van der Waals surface area contributed by atoms with Crippen LogP contribution in [0.1, 0.15) is 6.42 Å². The van der Waals surface area contributed by atoms with Crippen LogP contribution >= 0.6 is 11.3 Å². The summed E-state index contributed by atoms with van der Waals surface area (Å²) in [5.41, 5.74) is 6.05. The Kier molecular flexibility index (Phi) is 3.35. The lowest BCUT2D eigenvalue weighted by molar-refractivity contribution is 0.617. The molecule has 2 N–H and O–H groups in total. The predicted octanol–water partition coefficient (Wildman–Crippen LogP) is 1.52. The fraction of sp³-hybridized carbons (Fsp3) is 0.267. The third kappa shape index (κ3) is 2.40. The van der Waals surface area contributed by atoms with Crippen molar-refractivity contribution in [3.8, 4) is 5.13 Å². The van der Waals surface area contributed by atoms with E-state index in [0.717, 1.165) is 6.42 Å². The first-order chi connectivity index (χ1) is 11.1. The highest BCUT2D eigenvalue weighted by molar-refractivity contribution is 7.12. The second-order valence-corrected chi connectivity index (χ2v) is 6.40. The zero-order valence-electron chi connectivity index (χ0n) is 12.1. The second kappa shape index (κ2) is 5.39. The largest absolute Gasteiger partial charge is 0.353 e. The maximum atomic E-state index is 14.4. The topological polar surface area (TPSA) is 77.0 Å². The molecule has 23 heavy (non-hydrogen) atoms. The average Bonchev–Trinajstić information content (AvgIpc) is 3.19. The molecule has 0 radical (unpaired) electrons. The summed E-state index contributed by atoms with van der Waals surface area (Å²) in [7, 11) is 0. The van der Waals surface area contributed by atoms with Gasteiger partial charge in [0.05, 0.1) is 5.39 Å². The van der Waals surface area contributed by atoms with Crippen LogP contribution in [0.5, 0.6) is 0 Å². The van der Waals surface area contributed by atoms with E-state index in [4.69, 9.17) is 5.73 Å². The number of pyridine rings is 2. The zero-order chi connectivity index (χ0) is 16.0. The molecule has 1 saturated heterocycles. The van der Waals surface area contributed by atoms with Gasteiger partial charge in [-0.3, -0.25) is 9.36 Å². The molecule has 0 spiro atoms. The van der Waals surface area contributed by atoms with E-state index in [-0.39, 0.29) is 22.7 Å². The molecule has 0 aliphatic carbocycles. The van der Waals surface area contributed by atoms with E-state index < -0.39 is 5.82 Å². The third-order valence-electron chi connectivity index (χ3n) is 3.96. The van der Waals surface area contributed by atoms with Crippen LogP contribution in [-0.4, -0.2) is 33.7 Å². The molecule has 4 rings (SSSR count).